The predicted octanol–water partition coefficient (Wildman–Crippen LogP) is 4.46. The van der Waals surface area contributed by atoms with Gasteiger partial charge in [0.15, 0.2) is 0 Å². The summed E-state index contributed by atoms with van der Waals surface area (Å²) in [7, 11) is 0. The molecule has 3 heterocycles. The van der Waals surface area contributed by atoms with Gasteiger partial charge in [-0.25, -0.2) is 4.98 Å². The summed E-state index contributed by atoms with van der Waals surface area (Å²) in [6, 6.07) is 4.31. The Kier molecular flexibility index (Phi) is 7.13. The molecular formula is C25H38N4O2. The van der Waals surface area contributed by atoms with Gasteiger partial charge in [0, 0.05) is 32.0 Å². The standard InChI is InChI=1S/C25H38N4O2/c1-18(2)25(31)27-21-11-12-23(26-15-21)29-14-6-5-9-20-16-28(17-22(20)29)24(30)13-10-19-7-3-4-8-19/h11-12,15,18-20,22H,3-10,13-14,16-17H2,1-2H3,(H,27,31)/t20-,22+/m1/s1. The molecule has 170 valence electrons. The number of carbonyl (C=O) groups excluding carboxylic acids is 2. The lowest BCUT2D eigenvalue weighted by Crippen LogP contribution is -2.41. The van der Waals surface area contributed by atoms with Crippen LogP contribution in [0.15, 0.2) is 18.3 Å². The van der Waals surface area contributed by atoms with Crippen molar-refractivity contribution in [2.45, 2.75) is 77.7 Å². The quantitative estimate of drug-likeness (QED) is 0.729. The molecule has 4 rings (SSSR count). The average molecular weight is 427 g/mol. The fraction of sp³-hybridized carbons (Fsp3) is 0.720. The van der Waals surface area contributed by atoms with Gasteiger partial charge in [-0.05, 0) is 43.2 Å². The third-order valence-corrected chi connectivity index (χ3v) is 7.46. The van der Waals surface area contributed by atoms with Crippen molar-refractivity contribution < 1.29 is 9.59 Å². The summed E-state index contributed by atoms with van der Waals surface area (Å²) in [5.74, 6) is 2.56. The van der Waals surface area contributed by atoms with E-state index in [2.05, 4.69) is 20.1 Å². The molecule has 1 N–H and O–H groups in total. The number of hydrogen-bond acceptors (Lipinski definition) is 4. The number of amides is 2. The van der Waals surface area contributed by atoms with Crippen molar-refractivity contribution in [1.29, 1.82) is 0 Å². The first-order valence-electron chi connectivity index (χ1n) is 12.3. The van der Waals surface area contributed by atoms with Crippen molar-refractivity contribution >= 4 is 23.3 Å². The van der Waals surface area contributed by atoms with Crippen LogP contribution in [-0.4, -0.2) is 47.4 Å². The van der Waals surface area contributed by atoms with Gasteiger partial charge in [0.05, 0.1) is 17.9 Å². The van der Waals surface area contributed by atoms with E-state index < -0.39 is 0 Å². The first-order valence-corrected chi connectivity index (χ1v) is 12.3. The Morgan fingerprint density at radius 2 is 1.87 bits per heavy atom. The molecule has 6 heteroatoms. The lowest BCUT2D eigenvalue weighted by Gasteiger charge is -2.31. The van der Waals surface area contributed by atoms with Gasteiger partial charge in [0.25, 0.3) is 0 Å². The fourth-order valence-electron chi connectivity index (χ4n) is 5.53. The lowest BCUT2D eigenvalue weighted by atomic mass is 9.98. The highest BCUT2D eigenvalue weighted by atomic mass is 16.2. The Labute approximate surface area is 186 Å². The van der Waals surface area contributed by atoms with Crippen LogP contribution in [0.3, 0.4) is 0 Å². The van der Waals surface area contributed by atoms with E-state index in [-0.39, 0.29) is 11.8 Å². The van der Waals surface area contributed by atoms with E-state index in [1.165, 1.54) is 38.5 Å². The van der Waals surface area contributed by atoms with E-state index in [1.807, 2.05) is 26.0 Å². The summed E-state index contributed by atoms with van der Waals surface area (Å²) in [5.41, 5.74) is 0.740. The van der Waals surface area contributed by atoms with Gasteiger partial charge in [0.1, 0.15) is 5.82 Å². The van der Waals surface area contributed by atoms with Crippen molar-refractivity contribution in [2.24, 2.45) is 17.8 Å². The van der Waals surface area contributed by atoms with E-state index in [0.717, 1.165) is 49.9 Å². The molecule has 1 aromatic rings. The van der Waals surface area contributed by atoms with Crippen LogP contribution < -0.4 is 10.2 Å². The minimum atomic E-state index is -0.0540. The van der Waals surface area contributed by atoms with Crippen molar-refractivity contribution in [1.82, 2.24) is 9.88 Å². The number of carbonyl (C=O) groups is 2. The zero-order valence-corrected chi connectivity index (χ0v) is 19.2. The molecule has 2 saturated heterocycles. The number of rotatable bonds is 6. The van der Waals surface area contributed by atoms with Gasteiger partial charge in [-0.1, -0.05) is 46.0 Å². The Bertz CT molecular complexity index is 757. The first-order chi connectivity index (χ1) is 15.0. The maximum absolute atomic E-state index is 12.9. The maximum Gasteiger partial charge on any atom is 0.226 e. The number of likely N-dealkylation sites (tertiary alicyclic amines) is 1. The minimum Gasteiger partial charge on any atom is -0.352 e. The van der Waals surface area contributed by atoms with Crippen LogP contribution in [0.5, 0.6) is 0 Å². The molecule has 2 aliphatic heterocycles. The first kappa shape index (κ1) is 22.1. The second kappa shape index (κ2) is 10.0. The number of pyridine rings is 1. The summed E-state index contributed by atoms with van der Waals surface area (Å²) < 4.78 is 0. The molecular weight excluding hydrogens is 388 g/mol. The van der Waals surface area contributed by atoms with Crippen molar-refractivity contribution in [3.05, 3.63) is 18.3 Å². The largest absolute Gasteiger partial charge is 0.352 e. The van der Waals surface area contributed by atoms with Crippen LogP contribution in [0.25, 0.3) is 0 Å². The molecule has 3 aliphatic rings. The van der Waals surface area contributed by atoms with Crippen molar-refractivity contribution in [3.8, 4) is 0 Å². The fourth-order valence-corrected chi connectivity index (χ4v) is 5.53. The van der Waals surface area contributed by atoms with Crippen LogP contribution in [0.2, 0.25) is 0 Å². The van der Waals surface area contributed by atoms with Gasteiger partial charge in [-0.3, -0.25) is 9.59 Å². The van der Waals surface area contributed by atoms with E-state index in [1.54, 1.807) is 6.20 Å². The highest BCUT2D eigenvalue weighted by molar-refractivity contribution is 5.91. The third-order valence-electron chi connectivity index (χ3n) is 7.46. The molecule has 0 bridgehead atoms. The van der Waals surface area contributed by atoms with Gasteiger partial charge >= 0.3 is 0 Å². The van der Waals surface area contributed by atoms with Crippen molar-refractivity contribution in [2.75, 3.05) is 29.9 Å². The number of fused-ring (bicyclic) bond motifs is 1. The van der Waals surface area contributed by atoms with Crippen LogP contribution in [0, 0.1) is 17.8 Å². The summed E-state index contributed by atoms with van der Waals surface area (Å²) in [6.45, 7) is 6.47. The molecule has 0 radical (unpaired) electrons. The highest BCUT2D eigenvalue weighted by Crippen LogP contribution is 2.34. The molecule has 1 aromatic heterocycles. The van der Waals surface area contributed by atoms with E-state index in [4.69, 9.17) is 0 Å². The molecule has 1 saturated carbocycles. The second-order valence-corrected chi connectivity index (χ2v) is 10.1. The highest BCUT2D eigenvalue weighted by Gasteiger charge is 2.40. The SMILES string of the molecule is CC(C)C(=O)Nc1ccc(N2CCCC[C@@H]3CN(C(=O)CCC4CCCC4)C[C@@H]32)nc1. The number of nitrogens with one attached hydrogen (secondary N) is 1. The average Bonchev–Trinajstić information content (AvgIpc) is 3.39. The Morgan fingerprint density at radius 3 is 2.58 bits per heavy atom. The number of nitrogens with zero attached hydrogens (tertiary/aromatic N) is 3. The predicted molar refractivity (Wildman–Crippen MR) is 124 cm³/mol. The number of aromatic nitrogens is 1. The molecule has 2 amide bonds. The van der Waals surface area contributed by atoms with Crippen molar-refractivity contribution in [3.63, 3.8) is 0 Å². The van der Waals surface area contributed by atoms with Gasteiger partial charge in [-0.2, -0.15) is 0 Å². The van der Waals surface area contributed by atoms with Crippen LogP contribution in [0.4, 0.5) is 11.5 Å². The molecule has 0 spiro atoms. The molecule has 3 fully saturated rings. The van der Waals surface area contributed by atoms with Crippen LogP contribution >= 0.6 is 0 Å². The summed E-state index contributed by atoms with van der Waals surface area (Å²) in [5, 5.41) is 2.92. The number of anilines is 2. The third kappa shape index (κ3) is 5.39. The molecule has 2 atom stereocenters. The van der Waals surface area contributed by atoms with Crippen LogP contribution in [-0.2, 0) is 9.59 Å². The smallest absolute Gasteiger partial charge is 0.226 e. The minimum absolute atomic E-state index is 0.00642. The molecule has 1 aliphatic carbocycles. The Morgan fingerprint density at radius 1 is 1.10 bits per heavy atom. The molecule has 0 aromatic carbocycles. The number of hydrogen-bond donors (Lipinski definition) is 1. The summed E-state index contributed by atoms with van der Waals surface area (Å²) in [6.07, 6.45) is 12.4. The summed E-state index contributed by atoms with van der Waals surface area (Å²) >= 11 is 0. The summed E-state index contributed by atoms with van der Waals surface area (Å²) in [4.78, 5) is 34.1. The Hall–Kier alpha value is -2.11. The topological polar surface area (TPSA) is 65.5 Å². The van der Waals surface area contributed by atoms with Gasteiger partial charge in [0.2, 0.25) is 11.8 Å². The van der Waals surface area contributed by atoms with Gasteiger partial charge in [-0.15, -0.1) is 0 Å². The normalized spacial score (nSPS) is 24.4. The molecule has 0 unspecified atom stereocenters. The lowest BCUT2D eigenvalue weighted by molar-refractivity contribution is -0.130. The molecule has 31 heavy (non-hydrogen) atoms. The van der Waals surface area contributed by atoms with Crippen LogP contribution in [0.1, 0.15) is 71.6 Å². The molecule has 6 nitrogen and oxygen atoms in total. The zero-order chi connectivity index (χ0) is 21.8. The second-order valence-electron chi connectivity index (χ2n) is 10.1. The van der Waals surface area contributed by atoms with E-state index in [9.17, 15) is 9.59 Å². The van der Waals surface area contributed by atoms with E-state index in [0.29, 0.717) is 24.3 Å². The monoisotopic (exact) mass is 426 g/mol. The van der Waals surface area contributed by atoms with Gasteiger partial charge < -0.3 is 15.1 Å². The maximum atomic E-state index is 12.9. The Balaban J connectivity index is 1.39. The van der Waals surface area contributed by atoms with E-state index >= 15 is 0 Å². The zero-order valence-electron chi connectivity index (χ0n) is 19.2.